The average Bonchev–Trinajstić information content (AvgIpc) is 3.21. The number of likely N-dealkylation sites (tertiary alicyclic amines) is 1. The van der Waals surface area contributed by atoms with E-state index in [0.29, 0.717) is 30.7 Å². The number of carbonyl (C=O) groups is 4. The first-order chi connectivity index (χ1) is 14.9. The molecule has 1 aromatic carbocycles. The molecule has 0 radical (unpaired) electrons. The van der Waals surface area contributed by atoms with Gasteiger partial charge >= 0.3 is 5.97 Å². The number of carbonyl (C=O) groups excluding carboxylic acids is 3. The van der Waals surface area contributed by atoms with Crippen LogP contribution in [0.2, 0.25) is 0 Å². The summed E-state index contributed by atoms with van der Waals surface area (Å²) in [6.07, 6.45) is 1.17. The van der Waals surface area contributed by atoms with Crippen molar-refractivity contribution in [2.45, 2.75) is 59.0 Å². The Morgan fingerprint density at radius 2 is 1.81 bits per heavy atom. The van der Waals surface area contributed by atoms with Crippen molar-refractivity contribution < 1.29 is 29.4 Å². The highest BCUT2D eigenvalue weighted by atomic mass is 32.2. The summed E-state index contributed by atoms with van der Waals surface area (Å²) < 4.78 is 0. The minimum Gasteiger partial charge on any atom is -0.508 e. The topological polar surface area (TPSA) is 124 Å². The Hall–Kier alpha value is -2.55. The molecule has 1 saturated heterocycles. The Balaban J connectivity index is 2.00. The summed E-state index contributed by atoms with van der Waals surface area (Å²) in [4.78, 5) is 51.2. The molecule has 1 heterocycles. The molecule has 1 aliphatic heterocycles. The number of aromatic hydroxyl groups is 1. The third kappa shape index (κ3) is 6.98. The zero-order valence-corrected chi connectivity index (χ0v) is 19.8. The molecule has 3 N–H and O–H groups in total. The zero-order chi connectivity index (χ0) is 24.1. The molecular formula is C23H32N2O6S. The Kier molecular flexibility index (Phi) is 8.72. The van der Waals surface area contributed by atoms with Crippen molar-refractivity contribution in [3.8, 4) is 5.75 Å². The van der Waals surface area contributed by atoms with Crippen molar-refractivity contribution in [1.82, 2.24) is 10.2 Å². The fraction of sp³-hybridized carbons (Fsp3) is 0.565. The standard InChI is InChI=1S/C23H32N2O6S/c1-14(13-32-22(31)23(2,3)4)20(28)25-11-5-6-18(25)19(27)24-17(21(29)30)12-15-7-9-16(26)10-8-15/h7-10,14,17-18,26H,5-6,11-13H2,1-4H3,(H,24,27)(H,29,30)/t14-,17+,18+/m1/s1. The Labute approximate surface area is 192 Å². The number of phenolic OH excluding ortho intramolecular Hbond substituents is 1. The number of hydrogen-bond donors (Lipinski definition) is 3. The van der Waals surface area contributed by atoms with E-state index in [1.54, 1.807) is 19.1 Å². The van der Waals surface area contributed by atoms with Crippen LogP contribution in [0.1, 0.15) is 46.1 Å². The lowest BCUT2D eigenvalue weighted by Gasteiger charge is -2.28. The summed E-state index contributed by atoms with van der Waals surface area (Å²) in [5.41, 5.74) is 0.163. The summed E-state index contributed by atoms with van der Waals surface area (Å²) in [6.45, 7) is 7.64. The van der Waals surface area contributed by atoms with E-state index in [9.17, 15) is 29.4 Å². The van der Waals surface area contributed by atoms with Crippen molar-refractivity contribution in [3.05, 3.63) is 29.8 Å². The number of nitrogens with one attached hydrogen (secondary N) is 1. The minimum absolute atomic E-state index is 0.00592. The van der Waals surface area contributed by atoms with Gasteiger partial charge in [-0.15, -0.1) is 0 Å². The molecule has 8 nitrogen and oxygen atoms in total. The van der Waals surface area contributed by atoms with Gasteiger partial charge in [0.2, 0.25) is 11.8 Å². The van der Waals surface area contributed by atoms with Crippen LogP contribution in [0.5, 0.6) is 5.75 Å². The second kappa shape index (κ2) is 10.8. The van der Waals surface area contributed by atoms with Gasteiger partial charge in [0.05, 0.1) is 0 Å². The first kappa shape index (κ1) is 25.7. The van der Waals surface area contributed by atoms with E-state index in [2.05, 4.69) is 5.32 Å². The van der Waals surface area contributed by atoms with Crippen LogP contribution < -0.4 is 5.32 Å². The van der Waals surface area contributed by atoms with Gasteiger partial charge in [-0.2, -0.15) is 0 Å². The van der Waals surface area contributed by atoms with Crippen LogP contribution in [0.3, 0.4) is 0 Å². The molecule has 1 aromatic rings. The number of hydrogen-bond acceptors (Lipinski definition) is 6. The molecule has 0 unspecified atom stereocenters. The van der Waals surface area contributed by atoms with E-state index in [1.165, 1.54) is 17.0 Å². The van der Waals surface area contributed by atoms with Crippen LogP contribution in [0.25, 0.3) is 0 Å². The predicted molar refractivity (Wildman–Crippen MR) is 122 cm³/mol. The third-order valence-electron chi connectivity index (χ3n) is 5.33. The summed E-state index contributed by atoms with van der Waals surface area (Å²) in [7, 11) is 0. The SMILES string of the molecule is C[C@H](CSC(=O)C(C)(C)C)C(=O)N1CCC[C@H]1C(=O)N[C@@H](Cc1ccc(O)cc1)C(=O)O. The fourth-order valence-electron chi connectivity index (χ4n) is 3.41. The van der Waals surface area contributed by atoms with Crippen molar-refractivity contribution in [3.63, 3.8) is 0 Å². The fourth-order valence-corrected chi connectivity index (χ4v) is 4.39. The van der Waals surface area contributed by atoms with E-state index in [4.69, 9.17) is 0 Å². The van der Waals surface area contributed by atoms with E-state index >= 15 is 0 Å². The maximum atomic E-state index is 12.9. The van der Waals surface area contributed by atoms with E-state index in [0.717, 1.165) is 11.8 Å². The highest BCUT2D eigenvalue weighted by Crippen LogP contribution is 2.26. The normalized spacial score (nSPS) is 18.1. The molecule has 3 atom stereocenters. The highest BCUT2D eigenvalue weighted by molar-refractivity contribution is 8.13. The molecule has 9 heteroatoms. The molecule has 32 heavy (non-hydrogen) atoms. The van der Waals surface area contributed by atoms with E-state index in [-0.39, 0.29) is 23.2 Å². The van der Waals surface area contributed by atoms with Crippen molar-refractivity contribution in [2.24, 2.45) is 11.3 Å². The Morgan fingerprint density at radius 3 is 2.38 bits per heavy atom. The van der Waals surface area contributed by atoms with Crippen molar-refractivity contribution >= 4 is 34.7 Å². The van der Waals surface area contributed by atoms with Crippen LogP contribution in [0, 0.1) is 11.3 Å². The van der Waals surface area contributed by atoms with Gasteiger partial charge in [-0.05, 0) is 30.5 Å². The number of thioether (sulfide) groups is 1. The van der Waals surface area contributed by atoms with Crippen molar-refractivity contribution in [2.75, 3.05) is 12.3 Å². The molecule has 0 saturated carbocycles. The van der Waals surface area contributed by atoms with Gasteiger partial charge in [0.1, 0.15) is 17.8 Å². The number of carboxylic acids is 1. The summed E-state index contributed by atoms with van der Waals surface area (Å²) in [6, 6.07) is 4.23. The molecule has 1 fully saturated rings. The van der Waals surface area contributed by atoms with Gasteiger partial charge in [-0.25, -0.2) is 4.79 Å². The zero-order valence-electron chi connectivity index (χ0n) is 19.0. The largest absolute Gasteiger partial charge is 0.508 e. The van der Waals surface area contributed by atoms with Gasteiger partial charge in [0.25, 0.3) is 0 Å². The van der Waals surface area contributed by atoms with Gasteiger partial charge < -0.3 is 20.4 Å². The van der Waals surface area contributed by atoms with Crippen LogP contribution in [-0.4, -0.2) is 62.4 Å². The van der Waals surface area contributed by atoms with Gasteiger partial charge in [-0.3, -0.25) is 14.4 Å². The second-order valence-electron chi connectivity index (χ2n) is 9.21. The lowest BCUT2D eigenvalue weighted by molar-refractivity contribution is -0.144. The number of phenols is 1. The predicted octanol–water partition coefficient (Wildman–Crippen LogP) is 2.44. The number of amides is 2. The van der Waals surface area contributed by atoms with Crippen LogP contribution >= 0.6 is 11.8 Å². The van der Waals surface area contributed by atoms with E-state index in [1.807, 2.05) is 20.8 Å². The van der Waals surface area contributed by atoms with Gasteiger partial charge in [0.15, 0.2) is 5.12 Å². The minimum atomic E-state index is -1.17. The van der Waals surface area contributed by atoms with Gasteiger partial charge in [-0.1, -0.05) is 51.6 Å². The Bertz CT molecular complexity index is 849. The number of carboxylic acid groups (broad SMARTS) is 1. The summed E-state index contributed by atoms with van der Waals surface area (Å²) in [5, 5.41) is 21.5. The number of nitrogens with zero attached hydrogens (tertiary/aromatic N) is 1. The summed E-state index contributed by atoms with van der Waals surface area (Å²) in [5.74, 6) is -1.91. The van der Waals surface area contributed by atoms with Crippen LogP contribution in [-0.2, 0) is 25.6 Å². The molecular weight excluding hydrogens is 432 g/mol. The monoisotopic (exact) mass is 464 g/mol. The maximum Gasteiger partial charge on any atom is 0.326 e. The van der Waals surface area contributed by atoms with Crippen molar-refractivity contribution in [1.29, 1.82) is 0 Å². The third-order valence-corrected chi connectivity index (χ3v) is 6.87. The summed E-state index contributed by atoms with van der Waals surface area (Å²) >= 11 is 1.12. The van der Waals surface area contributed by atoms with E-state index < -0.39 is 35.3 Å². The first-order valence-corrected chi connectivity index (χ1v) is 11.7. The molecule has 0 bridgehead atoms. The number of aliphatic carboxylic acids is 1. The molecule has 2 rings (SSSR count). The first-order valence-electron chi connectivity index (χ1n) is 10.7. The smallest absolute Gasteiger partial charge is 0.326 e. The second-order valence-corrected chi connectivity index (χ2v) is 10.2. The average molecular weight is 465 g/mol. The molecule has 176 valence electrons. The maximum absolute atomic E-state index is 12.9. The quantitative estimate of drug-likeness (QED) is 0.540. The number of rotatable bonds is 8. The lowest BCUT2D eigenvalue weighted by atomic mass is 10.00. The highest BCUT2D eigenvalue weighted by Gasteiger charge is 2.37. The molecule has 1 aliphatic rings. The molecule has 0 aromatic heterocycles. The van der Waals surface area contributed by atoms with Crippen LogP contribution in [0.15, 0.2) is 24.3 Å². The Morgan fingerprint density at radius 1 is 1.19 bits per heavy atom. The molecule has 0 spiro atoms. The van der Waals surface area contributed by atoms with Crippen LogP contribution in [0.4, 0.5) is 0 Å². The molecule has 2 amide bonds. The number of benzene rings is 1. The van der Waals surface area contributed by atoms with Gasteiger partial charge in [0, 0.05) is 30.1 Å². The lowest BCUT2D eigenvalue weighted by Crippen LogP contribution is -2.52. The molecule has 0 aliphatic carbocycles.